The molecule has 4 heavy (non-hydrogen) atoms. The maximum Gasteiger partial charge on any atom is 0 e. The summed E-state index contributed by atoms with van der Waals surface area (Å²) in [5.74, 6) is 0. The molecule has 0 N–H and O–H groups in total. The molecule has 0 atom stereocenters. The van der Waals surface area contributed by atoms with E-state index in [2.05, 4.69) is 12.6 Å². The van der Waals surface area contributed by atoms with Gasteiger partial charge in [-0.1, -0.05) is 0 Å². The second-order valence-electron chi connectivity index (χ2n) is 0.0913. The number of carbonyl (C=O) groups excluding carboxylic acids is 1. The molecule has 0 spiro atoms. The van der Waals surface area contributed by atoms with Gasteiger partial charge in [0, 0.05) is 32.7 Å². The molecule has 0 amide bonds. The largest absolute Gasteiger partial charge is 0.531 e. The van der Waals surface area contributed by atoms with Crippen LogP contribution in [-0.4, -0.2) is 5.62 Å². The van der Waals surface area contributed by atoms with Gasteiger partial charge in [0.1, 0.15) is 0 Å². The number of hydrogen-bond acceptors (Lipinski definition) is 1. The first-order chi connectivity index (χ1) is 1.41. The molecule has 0 aromatic heterocycles. The third-order valence-electron chi connectivity index (χ3n) is 0. The summed E-state index contributed by atoms with van der Waals surface area (Å²) < 4.78 is 0. The first-order valence-electron chi connectivity index (χ1n) is 0.428. The third-order valence-corrected chi connectivity index (χ3v) is 0. The van der Waals surface area contributed by atoms with Crippen LogP contribution < -0.4 is 0 Å². The van der Waals surface area contributed by atoms with Gasteiger partial charge >= 0.3 is 0 Å². The summed E-state index contributed by atoms with van der Waals surface area (Å²) in [7, 11) is 0. The molecule has 0 heterocycles. The molecule has 0 bridgehead atoms. The third kappa shape index (κ3) is 11.2. The van der Waals surface area contributed by atoms with Crippen molar-refractivity contribution in [1.29, 1.82) is 0 Å². The van der Waals surface area contributed by atoms with E-state index in [-0.39, 0.29) is 32.7 Å². The normalized spacial score (nSPS) is 3.25. The molecule has 0 aromatic carbocycles. The molecule has 0 saturated carbocycles. The number of thiol groups is 1. The summed E-state index contributed by atoms with van der Waals surface area (Å²) in [6, 6.07) is 0. The molecule has 0 aliphatic heterocycles. The van der Waals surface area contributed by atoms with E-state index in [1.165, 1.54) is 5.62 Å². The minimum absolute atomic E-state index is 0. The molecule has 3 heteroatoms. The molecule has 0 fully saturated rings. The van der Waals surface area contributed by atoms with E-state index in [0.717, 1.165) is 0 Å². The summed E-state index contributed by atoms with van der Waals surface area (Å²) >= 11 is 2.98. The van der Waals surface area contributed by atoms with Gasteiger partial charge < -0.3 is 17.4 Å². The molecule has 21 valence electrons. The van der Waals surface area contributed by atoms with E-state index in [1.54, 1.807) is 0 Å². The van der Waals surface area contributed by atoms with Crippen molar-refractivity contribution in [2.75, 3.05) is 0 Å². The molecule has 0 aliphatic carbocycles. The van der Waals surface area contributed by atoms with Crippen LogP contribution in [0.25, 0.3) is 0 Å². The van der Waals surface area contributed by atoms with Crippen LogP contribution in [0, 0.1) is 0 Å². The van der Waals surface area contributed by atoms with Gasteiger partial charge in [-0.15, -0.1) is 0 Å². The van der Waals surface area contributed by atoms with Gasteiger partial charge in [-0.2, -0.15) is 0 Å². The first kappa shape index (κ1) is 8.93. The van der Waals surface area contributed by atoms with Crippen LogP contribution >= 0.6 is 12.6 Å². The van der Waals surface area contributed by atoms with Gasteiger partial charge in [-0.05, 0) is 0 Å². The van der Waals surface area contributed by atoms with E-state index in [9.17, 15) is 0 Å². The second kappa shape index (κ2) is 8.92. The van der Waals surface area contributed by atoms with Crippen molar-refractivity contribution >= 4 is 18.2 Å². The molecular formula is CHOSY-. The van der Waals surface area contributed by atoms with Crippen molar-refractivity contribution in [3.05, 3.63) is 0 Å². The Morgan fingerprint density at radius 1 is 1.75 bits per heavy atom. The Morgan fingerprint density at radius 2 is 1.75 bits per heavy atom. The van der Waals surface area contributed by atoms with Crippen LogP contribution in [0.15, 0.2) is 0 Å². The zero-order valence-electron chi connectivity index (χ0n) is 1.93. The van der Waals surface area contributed by atoms with Gasteiger partial charge in [0.15, 0.2) is 0 Å². The predicted octanol–water partition coefficient (Wildman–Crippen LogP) is -0.0191. The number of hydrogen-bond donors (Lipinski definition) is 1. The van der Waals surface area contributed by atoms with Crippen LogP contribution in [0.4, 0.5) is 0 Å². The summed E-state index contributed by atoms with van der Waals surface area (Å²) in [6.07, 6.45) is 0. The maximum atomic E-state index is 8.54. The molecule has 1 nitrogen and oxygen atoms in total. The Hall–Kier alpha value is 1.12. The Kier molecular flexibility index (Phi) is 19.9. The van der Waals surface area contributed by atoms with Crippen LogP contribution in [0.1, 0.15) is 0 Å². The van der Waals surface area contributed by atoms with Gasteiger partial charge in [0.05, 0.1) is 0 Å². The van der Waals surface area contributed by atoms with E-state index in [0.29, 0.717) is 0 Å². The first-order valence-corrected chi connectivity index (χ1v) is 0.875. The van der Waals surface area contributed by atoms with Crippen molar-refractivity contribution in [2.24, 2.45) is 0 Å². The SMILES string of the molecule is O=[C-]S.[Y]. The summed E-state index contributed by atoms with van der Waals surface area (Å²) in [6.45, 7) is 0. The average molecular weight is 150 g/mol. The van der Waals surface area contributed by atoms with Crippen molar-refractivity contribution < 1.29 is 37.5 Å². The van der Waals surface area contributed by atoms with Gasteiger partial charge in [0.25, 0.3) is 0 Å². The summed E-state index contributed by atoms with van der Waals surface area (Å²) in [4.78, 5) is 8.54. The van der Waals surface area contributed by atoms with Gasteiger partial charge in [0.2, 0.25) is 0 Å². The van der Waals surface area contributed by atoms with Crippen LogP contribution in [-0.2, 0) is 37.5 Å². The Balaban J connectivity index is 0. The minimum Gasteiger partial charge on any atom is -0.531 e. The minimum atomic E-state index is 0. The fourth-order valence-electron chi connectivity index (χ4n) is 0. The topological polar surface area (TPSA) is 17.1 Å². The van der Waals surface area contributed by atoms with Crippen molar-refractivity contribution in [3.8, 4) is 0 Å². The number of rotatable bonds is 0. The Morgan fingerprint density at radius 3 is 1.75 bits per heavy atom. The molecule has 0 rings (SSSR count). The zero-order chi connectivity index (χ0) is 2.71. The maximum absolute atomic E-state index is 8.54. The van der Waals surface area contributed by atoms with Crippen LogP contribution in [0.5, 0.6) is 0 Å². The average Bonchev–Trinajstić information content (AvgIpc) is 0.918. The van der Waals surface area contributed by atoms with E-state index in [1.807, 2.05) is 0 Å². The van der Waals surface area contributed by atoms with Gasteiger partial charge in [-0.3, -0.25) is 0 Å². The Labute approximate surface area is 55.4 Å². The molecule has 0 unspecified atom stereocenters. The monoisotopic (exact) mass is 150 g/mol. The molecule has 0 aromatic rings. The van der Waals surface area contributed by atoms with Crippen molar-refractivity contribution in [3.63, 3.8) is 0 Å². The fraction of sp³-hybridized carbons (Fsp3) is 0. The second-order valence-corrected chi connectivity index (χ2v) is 0.274. The summed E-state index contributed by atoms with van der Waals surface area (Å²) in [5, 5.41) is 0. The molecule has 0 aliphatic rings. The quantitative estimate of drug-likeness (QED) is 0.379. The van der Waals surface area contributed by atoms with Crippen molar-refractivity contribution in [1.82, 2.24) is 0 Å². The van der Waals surface area contributed by atoms with Crippen LogP contribution in [0.3, 0.4) is 0 Å². The van der Waals surface area contributed by atoms with E-state index >= 15 is 0 Å². The smallest absolute Gasteiger partial charge is 0 e. The van der Waals surface area contributed by atoms with E-state index < -0.39 is 0 Å². The fourth-order valence-corrected chi connectivity index (χ4v) is 0. The molecule has 1 radical (unpaired) electrons. The zero-order valence-corrected chi connectivity index (χ0v) is 5.67. The van der Waals surface area contributed by atoms with E-state index in [4.69, 9.17) is 4.79 Å². The summed E-state index contributed by atoms with van der Waals surface area (Å²) in [5.41, 5.74) is 1.19. The molecular weight excluding hydrogens is 149 g/mol. The molecule has 0 saturated heterocycles. The van der Waals surface area contributed by atoms with Crippen LogP contribution in [0.2, 0.25) is 0 Å². The predicted molar refractivity (Wildman–Crippen MR) is 14.7 cm³/mol. The standard InChI is InChI=1S/CHOS.Y/c2-1-3;/h(H,2,3);/q-1;. The Bertz CT molecular complexity index is 15.5. The van der Waals surface area contributed by atoms with Crippen molar-refractivity contribution in [2.45, 2.75) is 0 Å². The van der Waals surface area contributed by atoms with Gasteiger partial charge in [-0.25, -0.2) is 5.62 Å².